The molecule has 2 nitrogen and oxygen atoms in total. The minimum absolute atomic E-state index is 0. The Kier molecular flexibility index (Phi) is 5.21. The van der Waals surface area contributed by atoms with E-state index >= 15 is 0 Å². The summed E-state index contributed by atoms with van der Waals surface area (Å²) in [6.45, 7) is 0. The van der Waals surface area contributed by atoms with Crippen LogP contribution in [0.4, 0.5) is 0 Å². The first-order valence-corrected chi connectivity index (χ1v) is 3.18. The molecule has 0 fully saturated rings. The van der Waals surface area contributed by atoms with Gasteiger partial charge in [0.1, 0.15) is 0 Å². The molecule has 0 aromatic heterocycles. The number of nitrogens with one attached hydrogen (secondary N) is 1. The molecule has 11 heavy (non-hydrogen) atoms. The van der Waals surface area contributed by atoms with Crippen molar-refractivity contribution in [1.82, 2.24) is 5.43 Å². The van der Waals surface area contributed by atoms with Crippen LogP contribution in [-0.2, 0) is 0 Å². The molecule has 0 unspecified atom stereocenters. The van der Waals surface area contributed by atoms with Crippen molar-refractivity contribution in [3.8, 4) is 0 Å². The van der Waals surface area contributed by atoms with E-state index in [9.17, 15) is 0 Å². The predicted molar refractivity (Wildman–Crippen MR) is 50.3 cm³/mol. The van der Waals surface area contributed by atoms with Gasteiger partial charge in [-0.3, -0.25) is 0 Å². The molecule has 0 radical (unpaired) electrons. The summed E-state index contributed by atoms with van der Waals surface area (Å²) in [5.41, 5.74) is 3.79. The molecule has 1 aromatic rings. The Balaban J connectivity index is 0.000001000. The van der Waals surface area contributed by atoms with Crippen molar-refractivity contribution in [2.45, 2.75) is 0 Å². The zero-order chi connectivity index (χ0) is 7.23. The molecule has 0 heterocycles. The highest BCUT2D eigenvalue weighted by atomic mass is 35.5. The number of benzene rings is 1. The van der Waals surface area contributed by atoms with Gasteiger partial charge in [0.05, 0.1) is 6.21 Å². The summed E-state index contributed by atoms with van der Waals surface area (Å²) in [6, 6.07) is 9.95. The van der Waals surface area contributed by atoms with Crippen LogP contribution < -0.4 is 5.43 Å². The smallest absolute Gasteiger partial charge is 0.0540 e. The fourth-order valence-corrected chi connectivity index (χ4v) is 0.678. The number of halogens is 1. The van der Waals surface area contributed by atoms with Gasteiger partial charge in [-0.25, -0.2) is 0 Å². The van der Waals surface area contributed by atoms with Crippen LogP contribution in [0.25, 0.3) is 0 Å². The number of rotatable bonds is 2. The van der Waals surface area contributed by atoms with Gasteiger partial charge in [-0.15, -0.1) is 12.4 Å². The summed E-state index contributed by atoms with van der Waals surface area (Å²) in [6.07, 6.45) is 1.78. The average Bonchev–Trinajstić information content (AvgIpc) is 2.03. The lowest BCUT2D eigenvalue weighted by Crippen LogP contribution is -1.94. The quantitative estimate of drug-likeness (QED) is 0.530. The Morgan fingerprint density at radius 1 is 1.27 bits per heavy atom. The molecule has 3 heteroatoms. The third-order valence-electron chi connectivity index (χ3n) is 1.14. The van der Waals surface area contributed by atoms with E-state index in [4.69, 9.17) is 0 Å². The van der Waals surface area contributed by atoms with E-state index < -0.39 is 0 Å². The van der Waals surface area contributed by atoms with Gasteiger partial charge in [-0.1, -0.05) is 30.3 Å². The molecule has 60 valence electrons. The first-order chi connectivity index (χ1) is 4.93. The van der Waals surface area contributed by atoms with Crippen molar-refractivity contribution >= 4 is 18.6 Å². The van der Waals surface area contributed by atoms with Gasteiger partial charge >= 0.3 is 0 Å². The minimum atomic E-state index is 0. The van der Waals surface area contributed by atoms with E-state index in [0.29, 0.717) is 0 Å². The van der Waals surface area contributed by atoms with Crippen LogP contribution in [0.1, 0.15) is 5.56 Å². The van der Waals surface area contributed by atoms with Crippen LogP contribution in [0.15, 0.2) is 35.4 Å². The molecule has 0 atom stereocenters. The topological polar surface area (TPSA) is 24.4 Å². The molecule has 0 saturated heterocycles. The van der Waals surface area contributed by atoms with Crippen LogP contribution in [0.3, 0.4) is 0 Å². The second kappa shape index (κ2) is 5.74. The van der Waals surface area contributed by atoms with Crippen LogP contribution in [0.5, 0.6) is 0 Å². The zero-order valence-electron chi connectivity index (χ0n) is 6.32. The maximum absolute atomic E-state index is 3.87. The number of hydrazone groups is 1. The minimum Gasteiger partial charge on any atom is -0.313 e. The van der Waals surface area contributed by atoms with E-state index in [0.717, 1.165) is 5.56 Å². The van der Waals surface area contributed by atoms with Gasteiger partial charge < -0.3 is 5.43 Å². The molecule has 0 bridgehead atoms. The molecule has 1 aromatic carbocycles. The predicted octanol–water partition coefficient (Wildman–Crippen LogP) is 1.66. The fraction of sp³-hybridized carbons (Fsp3) is 0.125. The summed E-state index contributed by atoms with van der Waals surface area (Å²) in [4.78, 5) is 0. The van der Waals surface area contributed by atoms with Gasteiger partial charge in [-0.2, -0.15) is 5.10 Å². The van der Waals surface area contributed by atoms with E-state index in [2.05, 4.69) is 10.5 Å². The Morgan fingerprint density at radius 2 is 1.91 bits per heavy atom. The largest absolute Gasteiger partial charge is 0.313 e. The second-order valence-corrected chi connectivity index (χ2v) is 1.89. The number of nitrogens with zero attached hydrogens (tertiary/aromatic N) is 1. The van der Waals surface area contributed by atoms with Crippen molar-refractivity contribution in [2.24, 2.45) is 5.10 Å². The van der Waals surface area contributed by atoms with E-state index in [1.807, 2.05) is 30.3 Å². The first kappa shape index (κ1) is 9.98. The van der Waals surface area contributed by atoms with Crippen LogP contribution in [0.2, 0.25) is 0 Å². The Labute approximate surface area is 72.7 Å². The summed E-state index contributed by atoms with van der Waals surface area (Å²) in [5, 5.41) is 3.87. The van der Waals surface area contributed by atoms with Crippen molar-refractivity contribution in [1.29, 1.82) is 0 Å². The lowest BCUT2D eigenvalue weighted by Gasteiger charge is -1.88. The lowest BCUT2D eigenvalue weighted by molar-refractivity contribution is 0.908. The molecule has 0 aliphatic heterocycles. The van der Waals surface area contributed by atoms with Crippen LogP contribution in [0, 0.1) is 0 Å². The number of hydrogen-bond acceptors (Lipinski definition) is 2. The SMILES string of the molecule is CNN=Cc1ccccc1.Cl. The Bertz CT molecular complexity index is 209. The molecule has 1 rings (SSSR count). The molecular formula is C8H11ClN2. The van der Waals surface area contributed by atoms with Crippen molar-refractivity contribution in [2.75, 3.05) is 7.05 Å². The highest BCUT2D eigenvalue weighted by Gasteiger charge is 1.80. The van der Waals surface area contributed by atoms with Gasteiger partial charge in [-0.05, 0) is 5.56 Å². The average molecular weight is 171 g/mol. The van der Waals surface area contributed by atoms with Gasteiger partial charge in [0.15, 0.2) is 0 Å². The normalized spacial score (nSPS) is 9.18. The van der Waals surface area contributed by atoms with Crippen molar-refractivity contribution in [3.63, 3.8) is 0 Å². The van der Waals surface area contributed by atoms with Gasteiger partial charge in [0, 0.05) is 7.05 Å². The second-order valence-electron chi connectivity index (χ2n) is 1.89. The molecule has 1 N–H and O–H groups in total. The monoisotopic (exact) mass is 170 g/mol. The number of hydrogen-bond donors (Lipinski definition) is 1. The molecule has 0 amide bonds. The lowest BCUT2D eigenvalue weighted by atomic mass is 10.2. The molecular weight excluding hydrogens is 160 g/mol. The summed E-state index contributed by atoms with van der Waals surface area (Å²) in [5.74, 6) is 0. The van der Waals surface area contributed by atoms with Crippen molar-refractivity contribution < 1.29 is 0 Å². The summed E-state index contributed by atoms with van der Waals surface area (Å²) in [7, 11) is 1.78. The molecule has 0 aliphatic carbocycles. The highest BCUT2D eigenvalue weighted by molar-refractivity contribution is 5.85. The van der Waals surface area contributed by atoms with Gasteiger partial charge in [0.2, 0.25) is 0 Å². The Morgan fingerprint density at radius 3 is 2.45 bits per heavy atom. The zero-order valence-corrected chi connectivity index (χ0v) is 7.14. The van der Waals surface area contributed by atoms with Gasteiger partial charge in [0.25, 0.3) is 0 Å². The van der Waals surface area contributed by atoms with E-state index in [1.165, 1.54) is 0 Å². The fourth-order valence-electron chi connectivity index (χ4n) is 0.678. The third-order valence-corrected chi connectivity index (χ3v) is 1.14. The summed E-state index contributed by atoms with van der Waals surface area (Å²) >= 11 is 0. The van der Waals surface area contributed by atoms with E-state index in [-0.39, 0.29) is 12.4 Å². The van der Waals surface area contributed by atoms with Crippen LogP contribution >= 0.6 is 12.4 Å². The Hall–Kier alpha value is -1.02. The molecule has 0 saturated carbocycles. The standard InChI is InChI=1S/C8H10N2.ClH/c1-9-10-7-8-5-3-2-4-6-8;/h2-7,9H,1H3;1H. The molecule has 0 spiro atoms. The molecule has 0 aliphatic rings. The third kappa shape index (κ3) is 3.63. The maximum atomic E-state index is 3.87. The summed E-state index contributed by atoms with van der Waals surface area (Å²) < 4.78 is 0. The first-order valence-electron chi connectivity index (χ1n) is 3.18. The maximum Gasteiger partial charge on any atom is 0.0540 e. The van der Waals surface area contributed by atoms with Crippen molar-refractivity contribution in [3.05, 3.63) is 35.9 Å². The van der Waals surface area contributed by atoms with E-state index in [1.54, 1.807) is 13.3 Å². The highest BCUT2D eigenvalue weighted by Crippen LogP contribution is 1.92. The van der Waals surface area contributed by atoms with Crippen LogP contribution in [-0.4, -0.2) is 13.3 Å².